The Bertz CT molecular complexity index is 546. The van der Waals surface area contributed by atoms with Crippen molar-refractivity contribution >= 4 is 11.9 Å². The lowest BCUT2D eigenvalue weighted by Gasteiger charge is -2.27. The molecule has 0 aromatic carbocycles. The Balaban J connectivity index is 1.63. The molecule has 2 aliphatic heterocycles. The molecule has 1 aromatic rings. The van der Waals surface area contributed by atoms with Crippen LogP contribution in [0.15, 0.2) is 12.4 Å². The summed E-state index contributed by atoms with van der Waals surface area (Å²) in [5, 5.41) is 2.89. The second-order valence-corrected chi connectivity index (χ2v) is 6.33. The summed E-state index contributed by atoms with van der Waals surface area (Å²) in [6.07, 6.45) is 4.38. The molecule has 0 saturated carbocycles. The molecule has 1 amide bonds. The minimum absolute atomic E-state index is 0.0335. The first-order valence-electron chi connectivity index (χ1n) is 8.58. The molecule has 8 nitrogen and oxygen atoms in total. The van der Waals surface area contributed by atoms with Gasteiger partial charge in [-0.05, 0) is 13.3 Å². The first-order chi connectivity index (χ1) is 11.7. The number of rotatable bonds is 5. The number of hydrogen-bond acceptors (Lipinski definition) is 7. The van der Waals surface area contributed by atoms with Crippen LogP contribution in [-0.2, 0) is 16.1 Å². The molecule has 2 aliphatic rings. The van der Waals surface area contributed by atoms with Crippen LogP contribution in [-0.4, -0.2) is 72.3 Å². The number of nitrogens with one attached hydrogen (secondary N) is 1. The van der Waals surface area contributed by atoms with E-state index in [4.69, 9.17) is 10.5 Å². The van der Waals surface area contributed by atoms with Crippen LogP contribution in [0.3, 0.4) is 0 Å². The lowest BCUT2D eigenvalue weighted by Crippen LogP contribution is -2.42. The van der Waals surface area contributed by atoms with Gasteiger partial charge in [0.15, 0.2) is 0 Å². The summed E-state index contributed by atoms with van der Waals surface area (Å²) in [4.78, 5) is 25.4. The van der Waals surface area contributed by atoms with E-state index in [1.54, 1.807) is 0 Å². The van der Waals surface area contributed by atoms with Crippen molar-refractivity contribution in [3.05, 3.63) is 18.0 Å². The molecule has 0 unspecified atom stereocenters. The quantitative estimate of drug-likeness (QED) is 0.739. The Morgan fingerprint density at radius 3 is 2.75 bits per heavy atom. The third-order valence-corrected chi connectivity index (χ3v) is 4.46. The molecule has 0 radical (unpaired) electrons. The summed E-state index contributed by atoms with van der Waals surface area (Å²) in [6.45, 7) is 6.98. The van der Waals surface area contributed by atoms with Gasteiger partial charge in [0.1, 0.15) is 0 Å². The molecule has 0 aliphatic carbocycles. The molecule has 1 aromatic heterocycles. The molecule has 0 bridgehead atoms. The highest BCUT2D eigenvalue weighted by molar-refractivity contribution is 5.82. The van der Waals surface area contributed by atoms with Gasteiger partial charge >= 0.3 is 0 Å². The lowest BCUT2D eigenvalue weighted by molar-refractivity contribution is -0.125. The fourth-order valence-corrected chi connectivity index (χ4v) is 3.27. The number of nitrogens with zero attached hydrogens (tertiary/aromatic N) is 4. The minimum atomic E-state index is -0.168. The summed E-state index contributed by atoms with van der Waals surface area (Å²) >= 11 is 0. The molecule has 3 heterocycles. The van der Waals surface area contributed by atoms with Crippen LogP contribution >= 0.6 is 0 Å². The van der Waals surface area contributed by atoms with Crippen LogP contribution < -0.4 is 16.0 Å². The Hall–Kier alpha value is -1.77. The van der Waals surface area contributed by atoms with E-state index < -0.39 is 0 Å². The van der Waals surface area contributed by atoms with Crippen molar-refractivity contribution in [1.82, 2.24) is 20.2 Å². The van der Waals surface area contributed by atoms with E-state index >= 15 is 0 Å². The maximum atomic E-state index is 12.2. The third-order valence-electron chi connectivity index (χ3n) is 4.46. The predicted molar refractivity (Wildman–Crippen MR) is 90.5 cm³/mol. The van der Waals surface area contributed by atoms with Crippen molar-refractivity contribution in [1.29, 1.82) is 0 Å². The van der Waals surface area contributed by atoms with Gasteiger partial charge in [0.25, 0.3) is 0 Å². The molecule has 132 valence electrons. The van der Waals surface area contributed by atoms with Crippen LogP contribution in [0.1, 0.15) is 18.9 Å². The maximum absolute atomic E-state index is 12.2. The van der Waals surface area contributed by atoms with E-state index in [9.17, 15) is 4.79 Å². The Kier molecular flexibility index (Phi) is 5.60. The van der Waals surface area contributed by atoms with E-state index in [1.165, 1.54) is 0 Å². The zero-order valence-corrected chi connectivity index (χ0v) is 14.1. The standard InChI is InChI=1S/C16H26N6O2/c1-2-18-15(23)14-7-13(17)11-22(14)10-12-8-19-16(20-9-12)21-3-5-24-6-4-21/h8-9,13-14H,2-7,10-11,17H2,1H3,(H,18,23)/t13-,14-/m0/s1. The topological polar surface area (TPSA) is 96.6 Å². The predicted octanol–water partition coefficient (Wildman–Crippen LogP) is -0.649. The smallest absolute Gasteiger partial charge is 0.237 e. The number of likely N-dealkylation sites (N-methyl/N-ethyl adjacent to an activating group) is 1. The van der Waals surface area contributed by atoms with Gasteiger partial charge in [0.2, 0.25) is 11.9 Å². The maximum Gasteiger partial charge on any atom is 0.237 e. The Morgan fingerprint density at radius 2 is 2.08 bits per heavy atom. The second kappa shape index (κ2) is 7.87. The number of anilines is 1. The summed E-state index contributed by atoms with van der Waals surface area (Å²) < 4.78 is 5.34. The number of likely N-dealkylation sites (tertiary alicyclic amines) is 1. The SMILES string of the molecule is CCNC(=O)[C@@H]1C[C@H](N)CN1Cc1cnc(N2CCOCC2)nc1. The third kappa shape index (κ3) is 4.00. The van der Waals surface area contributed by atoms with Crippen molar-refractivity contribution in [2.24, 2.45) is 5.73 Å². The van der Waals surface area contributed by atoms with Crippen LogP contribution in [0.4, 0.5) is 5.95 Å². The molecular formula is C16H26N6O2. The minimum Gasteiger partial charge on any atom is -0.378 e. The number of nitrogens with two attached hydrogens (primary N) is 1. The van der Waals surface area contributed by atoms with Gasteiger partial charge in [-0.15, -0.1) is 0 Å². The highest BCUT2D eigenvalue weighted by Crippen LogP contribution is 2.20. The fraction of sp³-hybridized carbons (Fsp3) is 0.688. The zero-order valence-electron chi connectivity index (χ0n) is 14.1. The second-order valence-electron chi connectivity index (χ2n) is 6.33. The van der Waals surface area contributed by atoms with Crippen LogP contribution in [0.25, 0.3) is 0 Å². The van der Waals surface area contributed by atoms with Crippen molar-refractivity contribution < 1.29 is 9.53 Å². The number of carbonyl (C=O) groups is 1. The zero-order chi connectivity index (χ0) is 16.9. The monoisotopic (exact) mass is 334 g/mol. The number of hydrogen-bond donors (Lipinski definition) is 2. The largest absolute Gasteiger partial charge is 0.378 e. The van der Waals surface area contributed by atoms with Crippen LogP contribution in [0, 0.1) is 0 Å². The molecule has 24 heavy (non-hydrogen) atoms. The van der Waals surface area contributed by atoms with Crippen LogP contribution in [0.5, 0.6) is 0 Å². The highest BCUT2D eigenvalue weighted by atomic mass is 16.5. The number of morpholine rings is 1. The van der Waals surface area contributed by atoms with Crippen molar-refractivity contribution in [3.8, 4) is 0 Å². The summed E-state index contributed by atoms with van der Waals surface area (Å²) in [6, 6.07) is -0.134. The van der Waals surface area contributed by atoms with Crippen molar-refractivity contribution in [3.63, 3.8) is 0 Å². The first kappa shape index (κ1) is 17.1. The first-order valence-corrected chi connectivity index (χ1v) is 8.58. The van der Waals surface area contributed by atoms with Crippen LogP contribution in [0.2, 0.25) is 0 Å². The fourth-order valence-electron chi connectivity index (χ4n) is 3.27. The molecule has 3 rings (SSSR count). The summed E-state index contributed by atoms with van der Waals surface area (Å²) in [5.74, 6) is 0.789. The average molecular weight is 334 g/mol. The highest BCUT2D eigenvalue weighted by Gasteiger charge is 2.34. The lowest BCUT2D eigenvalue weighted by atomic mass is 10.1. The Labute approximate surface area is 142 Å². The number of carbonyl (C=O) groups excluding carboxylic acids is 1. The molecule has 2 fully saturated rings. The summed E-state index contributed by atoms with van der Waals surface area (Å²) in [5.41, 5.74) is 7.05. The molecule has 0 spiro atoms. The number of ether oxygens (including phenoxy) is 1. The normalized spacial score (nSPS) is 25.0. The van der Waals surface area contributed by atoms with Gasteiger partial charge in [-0.25, -0.2) is 9.97 Å². The van der Waals surface area contributed by atoms with E-state index in [0.717, 1.165) is 24.6 Å². The van der Waals surface area contributed by atoms with Gasteiger partial charge in [-0.3, -0.25) is 9.69 Å². The molecule has 2 saturated heterocycles. The van der Waals surface area contributed by atoms with E-state index in [2.05, 4.69) is 25.1 Å². The van der Waals surface area contributed by atoms with E-state index in [-0.39, 0.29) is 18.0 Å². The molecular weight excluding hydrogens is 308 g/mol. The number of amides is 1. The average Bonchev–Trinajstić information content (AvgIpc) is 2.97. The molecule has 3 N–H and O–H groups in total. The van der Waals surface area contributed by atoms with Gasteiger partial charge in [-0.1, -0.05) is 0 Å². The molecule has 8 heteroatoms. The van der Waals surface area contributed by atoms with Crippen molar-refractivity contribution in [2.45, 2.75) is 32.0 Å². The summed E-state index contributed by atoms with van der Waals surface area (Å²) in [7, 11) is 0. The van der Waals surface area contributed by atoms with E-state index in [0.29, 0.717) is 39.3 Å². The van der Waals surface area contributed by atoms with Gasteiger partial charge in [-0.2, -0.15) is 0 Å². The van der Waals surface area contributed by atoms with Crippen molar-refractivity contribution in [2.75, 3.05) is 44.3 Å². The van der Waals surface area contributed by atoms with Gasteiger partial charge in [0.05, 0.1) is 19.3 Å². The molecule has 2 atom stereocenters. The van der Waals surface area contributed by atoms with Gasteiger partial charge in [0, 0.05) is 56.7 Å². The van der Waals surface area contributed by atoms with E-state index in [1.807, 2.05) is 19.3 Å². The van der Waals surface area contributed by atoms with Gasteiger partial charge < -0.3 is 20.7 Å². The Morgan fingerprint density at radius 1 is 1.38 bits per heavy atom. The number of aromatic nitrogens is 2.